The van der Waals surface area contributed by atoms with Gasteiger partial charge in [0.1, 0.15) is 29.3 Å². The number of pyridine rings is 1. The van der Waals surface area contributed by atoms with Gasteiger partial charge in [0.15, 0.2) is 0 Å². The van der Waals surface area contributed by atoms with Crippen LogP contribution in [-0.2, 0) is 12.6 Å². The summed E-state index contributed by atoms with van der Waals surface area (Å²) in [7, 11) is -2.07. The number of nitrogens with one attached hydrogen (secondary N) is 1. The van der Waals surface area contributed by atoms with Gasteiger partial charge in [0, 0.05) is 5.69 Å². The van der Waals surface area contributed by atoms with E-state index in [1.807, 2.05) is 6.92 Å². The van der Waals surface area contributed by atoms with Gasteiger partial charge < -0.3 is 22.0 Å². The van der Waals surface area contributed by atoms with Crippen molar-refractivity contribution in [1.29, 1.82) is 0 Å². The van der Waals surface area contributed by atoms with Crippen LogP contribution in [0.25, 0.3) is 0 Å². The maximum Gasteiger partial charge on any atom is 0.255 e. The summed E-state index contributed by atoms with van der Waals surface area (Å²) in [5.41, 5.74) is 3.06. The van der Waals surface area contributed by atoms with E-state index in [-0.39, 0.29) is 22.5 Å². The lowest BCUT2D eigenvalue weighted by molar-refractivity contribution is -0.00000614. The van der Waals surface area contributed by atoms with Crippen LogP contribution in [0, 0.1) is 6.92 Å². The van der Waals surface area contributed by atoms with Crippen LogP contribution in [0.15, 0.2) is 102 Å². The first kappa shape index (κ1) is 23.2. The molecule has 0 amide bonds. The van der Waals surface area contributed by atoms with E-state index in [9.17, 15) is 4.79 Å². The van der Waals surface area contributed by atoms with Crippen LogP contribution >= 0.6 is 7.26 Å². The SMILES string of the molecule is CCc1cc(C[P+](c2ccccc2)(c2ccccc2)c2ccccc2)c(=O)[nH]c1C.[Br-]. The molecule has 0 saturated heterocycles. The van der Waals surface area contributed by atoms with Gasteiger partial charge in [0.05, 0.1) is 5.56 Å². The van der Waals surface area contributed by atoms with Gasteiger partial charge in [0.25, 0.3) is 5.56 Å². The minimum atomic E-state index is -2.07. The van der Waals surface area contributed by atoms with Crippen LogP contribution in [0.5, 0.6) is 0 Å². The molecular weight excluding hydrogens is 465 g/mol. The molecule has 1 N–H and O–H groups in total. The second kappa shape index (κ2) is 10.2. The molecule has 3 aromatic carbocycles. The van der Waals surface area contributed by atoms with Crippen molar-refractivity contribution in [2.45, 2.75) is 26.4 Å². The molecule has 0 saturated carbocycles. The molecule has 0 atom stereocenters. The molecule has 4 aromatic rings. The zero-order chi connectivity index (χ0) is 21.0. The molecule has 0 aliphatic carbocycles. The highest BCUT2D eigenvalue weighted by Crippen LogP contribution is 2.57. The predicted octanol–water partition coefficient (Wildman–Crippen LogP) is 1.74. The average Bonchev–Trinajstić information content (AvgIpc) is 2.80. The van der Waals surface area contributed by atoms with E-state index in [0.717, 1.165) is 17.7 Å². The minimum Gasteiger partial charge on any atom is -1.00 e. The zero-order valence-electron chi connectivity index (χ0n) is 17.9. The summed E-state index contributed by atoms with van der Waals surface area (Å²) in [6.45, 7) is 4.12. The normalized spacial score (nSPS) is 11.0. The molecule has 0 aliphatic rings. The second-order valence-corrected chi connectivity index (χ2v) is 11.1. The number of aromatic amines is 1. The van der Waals surface area contributed by atoms with Gasteiger partial charge in [-0.05, 0) is 61.4 Å². The van der Waals surface area contributed by atoms with Crippen LogP contribution in [0.1, 0.15) is 23.7 Å². The molecule has 0 fully saturated rings. The van der Waals surface area contributed by atoms with Crippen molar-refractivity contribution in [1.82, 2.24) is 4.98 Å². The maximum atomic E-state index is 13.0. The molecule has 31 heavy (non-hydrogen) atoms. The minimum absolute atomic E-state index is 0. The van der Waals surface area contributed by atoms with Crippen molar-refractivity contribution in [3.63, 3.8) is 0 Å². The molecule has 0 unspecified atom stereocenters. The quantitative estimate of drug-likeness (QED) is 0.409. The van der Waals surface area contributed by atoms with Gasteiger partial charge in [-0.3, -0.25) is 4.79 Å². The Kier molecular flexibility index (Phi) is 7.64. The Labute approximate surface area is 195 Å². The monoisotopic (exact) mass is 491 g/mol. The van der Waals surface area contributed by atoms with Crippen molar-refractivity contribution in [3.05, 3.63) is 124 Å². The topological polar surface area (TPSA) is 32.9 Å². The van der Waals surface area contributed by atoms with Gasteiger partial charge in [-0.25, -0.2) is 0 Å². The average molecular weight is 492 g/mol. The number of aromatic nitrogens is 1. The molecule has 0 aliphatic heterocycles. The second-order valence-electron chi connectivity index (χ2n) is 7.60. The van der Waals surface area contributed by atoms with Crippen LogP contribution in [0.4, 0.5) is 0 Å². The smallest absolute Gasteiger partial charge is 0.255 e. The van der Waals surface area contributed by atoms with E-state index < -0.39 is 7.26 Å². The van der Waals surface area contributed by atoms with Gasteiger partial charge >= 0.3 is 0 Å². The van der Waals surface area contributed by atoms with Crippen molar-refractivity contribution >= 4 is 23.2 Å². The van der Waals surface area contributed by atoms with Crippen molar-refractivity contribution in [3.8, 4) is 0 Å². The highest BCUT2D eigenvalue weighted by Gasteiger charge is 2.46. The third-order valence-electron chi connectivity index (χ3n) is 5.80. The van der Waals surface area contributed by atoms with Gasteiger partial charge in [-0.2, -0.15) is 0 Å². The fourth-order valence-electron chi connectivity index (χ4n) is 4.22. The van der Waals surface area contributed by atoms with Crippen molar-refractivity contribution in [2.24, 2.45) is 0 Å². The van der Waals surface area contributed by atoms with Gasteiger partial charge in [-0.15, -0.1) is 0 Å². The van der Waals surface area contributed by atoms with Crippen LogP contribution in [0.3, 0.4) is 0 Å². The lowest BCUT2D eigenvalue weighted by Gasteiger charge is -2.27. The van der Waals surface area contributed by atoms with Crippen molar-refractivity contribution < 1.29 is 17.0 Å². The first-order valence-corrected chi connectivity index (χ1v) is 12.4. The summed E-state index contributed by atoms with van der Waals surface area (Å²) >= 11 is 0. The summed E-state index contributed by atoms with van der Waals surface area (Å²) < 4.78 is 0. The Balaban J connectivity index is 0.00000272. The highest BCUT2D eigenvalue weighted by molar-refractivity contribution is 7.95. The fraction of sp³-hybridized carbons (Fsp3) is 0.148. The molecule has 2 nitrogen and oxygen atoms in total. The lowest BCUT2D eigenvalue weighted by atomic mass is 10.1. The lowest BCUT2D eigenvalue weighted by Crippen LogP contribution is -3.00. The molecule has 0 bridgehead atoms. The number of halogens is 1. The first-order valence-electron chi connectivity index (χ1n) is 10.4. The Bertz CT molecular complexity index is 1080. The van der Waals surface area contributed by atoms with Gasteiger partial charge in [-0.1, -0.05) is 61.5 Å². The third-order valence-corrected chi connectivity index (χ3v) is 10.2. The van der Waals surface area contributed by atoms with E-state index in [1.165, 1.54) is 21.5 Å². The van der Waals surface area contributed by atoms with Crippen LogP contribution < -0.4 is 38.5 Å². The summed E-state index contributed by atoms with van der Waals surface area (Å²) in [6.07, 6.45) is 1.61. The number of hydrogen-bond acceptors (Lipinski definition) is 1. The number of aryl methyl sites for hydroxylation is 2. The molecule has 0 spiro atoms. The first-order chi connectivity index (χ1) is 14.6. The van der Waals surface area contributed by atoms with Crippen molar-refractivity contribution in [2.75, 3.05) is 0 Å². The van der Waals surface area contributed by atoms with Crippen LogP contribution in [-0.4, -0.2) is 4.98 Å². The largest absolute Gasteiger partial charge is 1.00 e. The Morgan fingerprint density at radius 2 is 1.13 bits per heavy atom. The molecule has 1 aromatic heterocycles. The summed E-state index contributed by atoms with van der Waals surface area (Å²) in [4.78, 5) is 16.1. The number of hydrogen-bond donors (Lipinski definition) is 1. The Morgan fingerprint density at radius 3 is 1.52 bits per heavy atom. The maximum absolute atomic E-state index is 13.0. The van der Waals surface area contributed by atoms with Gasteiger partial charge in [0.2, 0.25) is 0 Å². The molecule has 4 rings (SSSR count). The van der Waals surface area contributed by atoms with E-state index in [4.69, 9.17) is 0 Å². The highest BCUT2D eigenvalue weighted by atomic mass is 79.9. The number of rotatable bonds is 6. The molecular formula is C27H27BrNOP. The zero-order valence-corrected chi connectivity index (χ0v) is 20.4. The van der Waals surface area contributed by atoms with Crippen LogP contribution in [0.2, 0.25) is 0 Å². The standard InChI is InChI=1S/C27H26NOP.BrH/c1-3-22-19-23(27(29)28-21(22)2)20-30(24-13-7-4-8-14-24,25-15-9-5-10-16-25)26-17-11-6-12-18-26;/h4-19H,3,20H2,1-2H3;1H. The Hall–Kier alpha value is -2.48. The predicted molar refractivity (Wildman–Crippen MR) is 130 cm³/mol. The molecule has 4 heteroatoms. The molecule has 158 valence electrons. The number of H-pyrrole nitrogens is 1. The Morgan fingerprint density at radius 1 is 0.710 bits per heavy atom. The van der Waals surface area contributed by atoms with E-state index in [2.05, 4.69) is 109 Å². The van der Waals surface area contributed by atoms with E-state index >= 15 is 0 Å². The van der Waals surface area contributed by atoms with E-state index in [1.54, 1.807) is 0 Å². The molecule has 1 heterocycles. The summed E-state index contributed by atoms with van der Waals surface area (Å²) in [5.74, 6) is 0. The van der Waals surface area contributed by atoms with E-state index in [0.29, 0.717) is 6.16 Å². The third kappa shape index (κ3) is 4.59. The molecule has 0 radical (unpaired) electrons. The summed E-state index contributed by atoms with van der Waals surface area (Å²) in [6, 6.07) is 34.2. The summed E-state index contributed by atoms with van der Waals surface area (Å²) in [5, 5.41) is 3.88. The fourth-order valence-corrected chi connectivity index (χ4v) is 8.46. The number of benzene rings is 3.